The second-order valence-corrected chi connectivity index (χ2v) is 7.71. The van der Waals surface area contributed by atoms with Gasteiger partial charge in [0.15, 0.2) is 9.76 Å². The van der Waals surface area contributed by atoms with Crippen LogP contribution in [0.1, 0.15) is 20.8 Å². The Hall–Kier alpha value is 0.394. The van der Waals surface area contributed by atoms with Crippen LogP contribution in [0, 0.1) is 0 Å². The number of hydrogen-bond donors (Lipinski definition) is 0. The van der Waals surface area contributed by atoms with Gasteiger partial charge in [-0.1, -0.05) is 20.8 Å². The summed E-state index contributed by atoms with van der Waals surface area (Å²) in [4.78, 5) is 0. The second kappa shape index (κ2) is 2.64. The Labute approximate surface area is 50.9 Å². The van der Waals surface area contributed by atoms with Gasteiger partial charge in [-0.25, -0.2) is 0 Å². The molecular weight excluding hydrogens is 120 g/mol. The van der Waals surface area contributed by atoms with E-state index in [0.717, 1.165) is 10.5 Å². The smallest absolute Gasteiger partial charge is 0.151 e. The Morgan fingerprint density at radius 2 is 1.86 bits per heavy atom. The highest BCUT2D eigenvalue weighted by molar-refractivity contribution is 6.37. The molecule has 0 aliphatic rings. The van der Waals surface area contributed by atoms with Gasteiger partial charge in [-0.2, -0.15) is 0 Å². The average Bonchev–Trinajstić information content (AvgIpc) is 1.30. The summed E-state index contributed by atoms with van der Waals surface area (Å²) in [5.41, 5.74) is 0. The van der Waals surface area contributed by atoms with E-state index >= 15 is 0 Å². The molecule has 0 heterocycles. The molecule has 44 valence electrons. The van der Waals surface area contributed by atoms with Gasteiger partial charge in [0.1, 0.15) is 10.5 Å². The van der Waals surface area contributed by atoms with Crippen LogP contribution in [0.2, 0.25) is 5.04 Å². The lowest BCUT2D eigenvalue weighted by atomic mass is 10.3. The predicted octanol–water partition coefficient (Wildman–Crippen LogP) is -0.414. The highest BCUT2D eigenvalue weighted by atomic mass is 28.3. The molecule has 0 amide bonds. The highest BCUT2D eigenvalue weighted by Gasteiger charge is 2.08. The lowest BCUT2D eigenvalue weighted by molar-refractivity contribution is 0.589. The third-order valence-corrected chi connectivity index (χ3v) is 2.60. The van der Waals surface area contributed by atoms with E-state index in [-0.39, 0.29) is 9.76 Å². The highest BCUT2D eigenvalue weighted by Crippen LogP contribution is 2.18. The lowest BCUT2D eigenvalue weighted by Gasteiger charge is -2.14. The summed E-state index contributed by atoms with van der Waals surface area (Å²) in [5.74, 6) is 0. The van der Waals surface area contributed by atoms with Crippen molar-refractivity contribution in [3.63, 3.8) is 0 Å². The van der Waals surface area contributed by atoms with Gasteiger partial charge in [0.25, 0.3) is 0 Å². The molecule has 0 spiro atoms. The topological polar surface area (TPSA) is 9.23 Å². The molecule has 0 N–H and O–H groups in total. The van der Waals surface area contributed by atoms with Gasteiger partial charge in [0.2, 0.25) is 0 Å². The van der Waals surface area contributed by atoms with E-state index in [0.29, 0.717) is 5.04 Å². The average molecular weight is 134 g/mol. The molecular formula is C4H14OSi2. The van der Waals surface area contributed by atoms with Crippen LogP contribution in [-0.2, 0) is 4.12 Å². The Morgan fingerprint density at radius 3 is 1.86 bits per heavy atom. The minimum Gasteiger partial charge on any atom is -0.468 e. The summed E-state index contributed by atoms with van der Waals surface area (Å²) in [5, 5.41) is 0.502. The van der Waals surface area contributed by atoms with Gasteiger partial charge in [0.05, 0.1) is 0 Å². The predicted molar refractivity (Wildman–Crippen MR) is 39.3 cm³/mol. The zero-order valence-corrected chi connectivity index (χ0v) is 9.03. The molecule has 0 saturated heterocycles. The molecule has 7 heavy (non-hydrogen) atoms. The Kier molecular flexibility index (Phi) is 2.79. The molecule has 0 radical (unpaired) electrons. The molecule has 0 fully saturated rings. The summed E-state index contributed by atoms with van der Waals surface area (Å²) in [6.07, 6.45) is 0. The van der Waals surface area contributed by atoms with E-state index in [1.165, 1.54) is 0 Å². The molecule has 0 aromatic rings. The van der Waals surface area contributed by atoms with Crippen LogP contribution in [-0.4, -0.2) is 20.2 Å². The lowest BCUT2D eigenvalue weighted by Crippen LogP contribution is -2.10. The van der Waals surface area contributed by atoms with Crippen molar-refractivity contribution in [2.45, 2.75) is 25.8 Å². The van der Waals surface area contributed by atoms with E-state index in [2.05, 4.69) is 20.8 Å². The summed E-state index contributed by atoms with van der Waals surface area (Å²) >= 11 is 0. The van der Waals surface area contributed by atoms with Crippen LogP contribution in [0.3, 0.4) is 0 Å². The summed E-state index contributed by atoms with van der Waals surface area (Å²) < 4.78 is 5.18. The van der Waals surface area contributed by atoms with Crippen molar-refractivity contribution in [3.05, 3.63) is 0 Å². The molecule has 0 saturated carbocycles. The van der Waals surface area contributed by atoms with Crippen LogP contribution >= 0.6 is 0 Å². The zero-order chi connectivity index (χ0) is 5.91. The SMILES string of the molecule is CC(C)(C)[SiH2]O[SiH3]. The number of rotatable bonds is 1. The Balaban J connectivity index is 3.15. The fourth-order valence-electron chi connectivity index (χ4n) is 0.433. The molecule has 1 nitrogen and oxygen atoms in total. The first-order valence-corrected chi connectivity index (χ1v) is 4.65. The first kappa shape index (κ1) is 7.39. The van der Waals surface area contributed by atoms with E-state index in [4.69, 9.17) is 4.12 Å². The van der Waals surface area contributed by atoms with Crippen LogP contribution < -0.4 is 0 Å². The van der Waals surface area contributed by atoms with Crippen molar-refractivity contribution in [2.75, 3.05) is 0 Å². The van der Waals surface area contributed by atoms with Gasteiger partial charge in [-0.15, -0.1) is 0 Å². The third kappa shape index (κ3) is 6.39. The number of hydrogen-bond acceptors (Lipinski definition) is 1. The first-order chi connectivity index (χ1) is 3.06. The van der Waals surface area contributed by atoms with Crippen LogP contribution in [0.5, 0.6) is 0 Å². The summed E-state index contributed by atoms with van der Waals surface area (Å²) in [7, 11) is 0.753. The fraction of sp³-hybridized carbons (Fsp3) is 1.00. The maximum Gasteiger partial charge on any atom is 0.151 e. The molecule has 0 aromatic heterocycles. The van der Waals surface area contributed by atoms with Crippen molar-refractivity contribution in [3.8, 4) is 0 Å². The third-order valence-electron chi connectivity index (χ3n) is 0.577. The standard InChI is InChI=1S/C4H14OSi2/c1-4(2,3)7-5-6/h7H2,1-3,6H3. The zero-order valence-electron chi connectivity index (χ0n) is 5.62. The molecule has 0 rings (SSSR count). The normalized spacial score (nSPS) is 14.1. The summed E-state index contributed by atoms with van der Waals surface area (Å²) in [6.45, 7) is 6.70. The van der Waals surface area contributed by atoms with E-state index < -0.39 is 0 Å². The van der Waals surface area contributed by atoms with Crippen molar-refractivity contribution >= 4 is 20.2 Å². The molecule has 0 aliphatic heterocycles. The molecule has 3 heteroatoms. The van der Waals surface area contributed by atoms with Gasteiger partial charge >= 0.3 is 0 Å². The molecule has 0 bridgehead atoms. The van der Waals surface area contributed by atoms with Crippen LogP contribution in [0.15, 0.2) is 0 Å². The van der Waals surface area contributed by atoms with E-state index in [1.54, 1.807) is 0 Å². The maximum atomic E-state index is 5.18. The molecule has 0 atom stereocenters. The summed E-state index contributed by atoms with van der Waals surface area (Å²) in [6, 6.07) is 0. The van der Waals surface area contributed by atoms with Crippen molar-refractivity contribution in [2.24, 2.45) is 0 Å². The van der Waals surface area contributed by atoms with Gasteiger partial charge in [-0.05, 0) is 5.04 Å². The quantitative estimate of drug-likeness (QED) is 0.443. The Bertz CT molecular complexity index is 48.1. The Morgan fingerprint density at radius 1 is 1.43 bits per heavy atom. The van der Waals surface area contributed by atoms with Crippen molar-refractivity contribution in [1.29, 1.82) is 0 Å². The fourth-order valence-corrected chi connectivity index (χ4v) is 3.90. The van der Waals surface area contributed by atoms with E-state index in [1.807, 2.05) is 0 Å². The second-order valence-electron chi connectivity index (χ2n) is 2.99. The molecule has 0 aromatic carbocycles. The van der Waals surface area contributed by atoms with Gasteiger partial charge < -0.3 is 4.12 Å². The first-order valence-electron chi connectivity index (χ1n) is 2.55. The maximum absolute atomic E-state index is 5.18. The molecule has 0 aliphatic carbocycles. The van der Waals surface area contributed by atoms with E-state index in [9.17, 15) is 0 Å². The van der Waals surface area contributed by atoms with Gasteiger partial charge in [0, 0.05) is 0 Å². The minimum absolute atomic E-state index is 0.178. The van der Waals surface area contributed by atoms with Crippen molar-refractivity contribution < 1.29 is 4.12 Å². The van der Waals surface area contributed by atoms with Crippen molar-refractivity contribution in [1.82, 2.24) is 0 Å². The largest absolute Gasteiger partial charge is 0.468 e. The minimum atomic E-state index is -0.178. The molecule has 0 unspecified atom stereocenters. The monoisotopic (exact) mass is 134 g/mol. The van der Waals surface area contributed by atoms with Crippen LogP contribution in [0.4, 0.5) is 0 Å². The van der Waals surface area contributed by atoms with Crippen LogP contribution in [0.25, 0.3) is 0 Å². The van der Waals surface area contributed by atoms with Gasteiger partial charge in [-0.3, -0.25) is 0 Å².